The minimum Gasteiger partial charge on any atom is -0.497 e. The molecule has 0 fully saturated rings. The predicted octanol–water partition coefficient (Wildman–Crippen LogP) is 2.81. The summed E-state index contributed by atoms with van der Waals surface area (Å²) in [5.74, 6) is -0.0838. The summed E-state index contributed by atoms with van der Waals surface area (Å²) in [6.45, 7) is 0. The normalized spacial score (nSPS) is 11.7. The van der Waals surface area contributed by atoms with Crippen LogP contribution in [0.25, 0.3) is 11.1 Å². The summed E-state index contributed by atoms with van der Waals surface area (Å²) in [6, 6.07) is 19.8. The monoisotopic (exact) mass is 459 g/mol. The van der Waals surface area contributed by atoms with Crippen molar-refractivity contribution in [3.63, 3.8) is 0 Å². The molecule has 0 bridgehead atoms. The van der Waals surface area contributed by atoms with Gasteiger partial charge in [0, 0.05) is 0 Å². The summed E-state index contributed by atoms with van der Waals surface area (Å²) in [5.41, 5.74) is 1.95. The largest absolute Gasteiger partial charge is 0.497 e. The lowest BCUT2D eigenvalue weighted by atomic mass is 10.1. The van der Waals surface area contributed by atoms with E-state index in [1.165, 1.54) is 24.3 Å². The van der Waals surface area contributed by atoms with Gasteiger partial charge in [0.05, 0.1) is 29.6 Å². The van der Waals surface area contributed by atoms with Gasteiger partial charge in [-0.1, -0.05) is 42.5 Å². The van der Waals surface area contributed by atoms with Crippen LogP contribution in [0, 0.1) is 0 Å². The predicted molar refractivity (Wildman–Crippen MR) is 117 cm³/mol. The second kappa shape index (κ2) is 8.91. The Hall–Kier alpha value is -3.17. The quantitative estimate of drug-likeness (QED) is 0.582. The highest BCUT2D eigenvalue weighted by Gasteiger charge is 2.22. The van der Waals surface area contributed by atoms with Gasteiger partial charge in [-0.3, -0.25) is 9.52 Å². The lowest BCUT2D eigenvalue weighted by Crippen LogP contribution is -2.31. The van der Waals surface area contributed by atoms with Crippen molar-refractivity contribution in [1.29, 1.82) is 0 Å². The number of benzene rings is 3. The SMILES string of the molecule is COc1ccc(-c2ccc(S(=O)(=O)c3ccccc3CC(=O)NS(C)(=O)=O)cc2)cc1. The molecule has 9 heteroatoms. The number of hydrogen-bond donors (Lipinski definition) is 1. The molecular weight excluding hydrogens is 438 g/mol. The average molecular weight is 460 g/mol. The van der Waals surface area contributed by atoms with Gasteiger partial charge in [-0.2, -0.15) is 0 Å². The summed E-state index contributed by atoms with van der Waals surface area (Å²) < 4.78 is 55.9. The molecule has 0 saturated heterocycles. The van der Waals surface area contributed by atoms with E-state index in [2.05, 4.69) is 0 Å². The second-order valence-electron chi connectivity index (χ2n) is 6.84. The van der Waals surface area contributed by atoms with Crippen molar-refractivity contribution < 1.29 is 26.4 Å². The highest BCUT2D eigenvalue weighted by Crippen LogP contribution is 2.28. The molecule has 0 unspecified atom stereocenters. The summed E-state index contributed by atoms with van der Waals surface area (Å²) in [7, 11) is -6.07. The van der Waals surface area contributed by atoms with Crippen LogP contribution in [-0.2, 0) is 31.1 Å². The first-order valence-electron chi connectivity index (χ1n) is 9.18. The first kappa shape index (κ1) is 22.5. The molecular formula is C22H21NO6S2. The smallest absolute Gasteiger partial charge is 0.237 e. The number of carbonyl (C=O) groups excluding carboxylic acids is 1. The van der Waals surface area contributed by atoms with Crippen molar-refractivity contribution >= 4 is 25.8 Å². The van der Waals surface area contributed by atoms with Gasteiger partial charge in [-0.25, -0.2) is 16.8 Å². The van der Waals surface area contributed by atoms with Gasteiger partial charge in [0.15, 0.2) is 0 Å². The van der Waals surface area contributed by atoms with Crippen LogP contribution < -0.4 is 9.46 Å². The van der Waals surface area contributed by atoms with E-state index in [-0.39, 0.29) is 21.8 Å². The van der Waals surface area contributed by atoms with Crippen molar-refractivity contribution in [3.05, 3.63) is 78.4 Å². The molecule has 0 atom stereocenters. The molecule has 3 aromatic carbocycles. The zero-order chi connectivity index (χ0) is 22.6. The van der Waals surface area contributed by atoms with Crippen molar-refractivity contribution in [2.24, 2.45) is 0 Å². The highest BCUT2D eigenvalue weighted by molar-refractivity contribution is 7.91. The number of methoxy groups -OCH3 is 1. The molecule has 1 N–H and O–H groups in total. The minimum atomic E-state index is -3.92. The van der Waals surface area contributed by atoms with Crippen molar-refractivity contribution in [1.82, 2.24) is 4.72 Å². The van der Waals surface area contributed by atoms with Gasteiger partial charge in [-0.15, -0.1) is 0 Å². The van der Waals surface area contributed by atoms with Crippen LogP contribution >= 0.6 is 0 Å². The molecule has 3 rings (SSSR count). The Labute approximate surface area is 181 Å². The average Bonchev–Trinajstić information content (AvgIpc) is 2.73. The van der Waals surface area contributed by atoms with Gasteiger partial charge >= 0.3 is 0 Å². The molecule has 0 heterocycles. The number of sulfonamides is 1. The van der Waals surface area contributed by atoms with Gasteiger partial charge in [-0.05, 0) is 47.0 Å². The maximum absolute atomic E-state index is 13.2. The molecule has 0 aliphatic carbocycles. The van der Waals surface area contributed by atoms with Crippen molar-refractivity contribution in [2.45, 2.75) is 16.2 Å². The molecule has 162 valence electrons. The van der Waals surface area contributed by atoms with Crippen LogP contribution in [-0.4, -0.2) is 36.1 Å². The van der Waals surface area contributed by atoms with Crippen LogP contribution in [0.3, 0.4) is 0 Å². The number of sulfone groups is 1. The maximum Gasteiger partial charge on any atom is 0.237 e. The van der Waals surface area contributed by atoms with E-state index >= 15 is 0 Å². The molecule has 0 saturated carbocycles. The van der Waals surface area contributed by atoms with Crippen LogP contribution in [0.1, 0.15) is 5.56 Å². The van der Waals surface area contributed by atoms with Gasteiger partial charge in [0.1, 0.15) is 5.75 Å². The first-order valence-corrected chi connectivity index (χ1v) is 12.6. The fourth-order valence-corrected chi connectivity index (χ4v) is 5.04. The molecule has 0 spiro atoms. The number of amides is 1. The molecule has 0 aliphatic heterocycles. The lowest BCUT2D eigenvalue weighted by Gasteiger charge is -2.11. The number of nitrogens with one attached hydrogen (secondary N) is 1. The van der Waals surface area contributed by atoms with Crippen molar-refractivity contribution in [2.75, 3.05) is 13.4 Å². The zero-order valence-electron chi connectivity index (χ0n) is 16.9. The fourth-order valence-electron chi connectivity index (χ4n) is 3.06. The first-order chi connectivity index (χ1) is 14.6. The minimum absolute atomic E-state index is 0.0455. The van der Waals surface area contributed by atoms with E-state index in [4.69, 9.17) is 4.74 Å². The zero-order valence-corrected chi connectivity index (χ0v) is 18.5. The lowest BCUT2D eigenvalue weighted by molar-refractivity contribution is -0.118. The van der Waals surface area contributed by atoms with Crippen LogP contribution in [0.4, 0.5) is 0 Å². The Morgan fingerprint density at radius 3 is 1.94 bits per heavy atom. The van der Waals surface area contributed by atoms with E-state index < -0.39 is 25.8 Å². The van der Waals surface area contributed by atoms with E-state index in [1.807, 2.05) is 29.0 Å². The second-order valence-corrected chi connectivity index (χ2v) is 10.5. The number of ether oxygens (including phenoxy) is 1. The Morgan fingerprint density at radius 1 is 0.839 bits per heavy atom. The fraction of sp³-hybridized carbons (Fsp3) is 0.136. The van der Waals surface area contributed by atoms with E-state index in [0.717, 1.165) is 23.1 Å². The van der Waals surface area contributed by atoms with Crippen LogP contribution in [0.5, 0.6) is 5.75 Å². The Morgan fingerprint density at radius 2 is 1.39 bits per heavy atom. The Bertz CT molecular complexity index is 1300. The number of hydrogen-bond acceptors (Lipinski definition) is 6. The van der Waals surface area contributed by atoms with E-state index in [0.29, 0.717) is 0 Å². The van der Waals surface area contributed by atoms with Gasteiger partial charge in [0.25, 0.3) is 0 Å². The Balaban J connectivity index is 1.90. The Kier molecular flexibility index (Phi) is 6.47. The molecule has 31 heavy (non-hydrogen) atoms. The van der Waals surface area contributed by atoms with Gasteiger partial charge < -0.3 is 4.74 Å². The summed E-state index contributed by atoms with van der Waals surface area (Å²) >= 11 is 0. The number of carbonyl (C=O) groups is 1. The standard InChI is InChI=1S/C22H21NO6S2/c1-29-19-11-7-16(8-12-19)17-9-13-20(14-10-17)31(27,28)21-6-4-3-5-18(21)15-22(24)23-30(2,25)26/h3-14H,15H2,1-2H3,(H,23,24). The summed E-state index contributed by atoms with van der Waals surface area (Å²) in [4.78, 5) is 12.0. The van der Waals surface area contributed by atoms with Gasteiger partial charge in [0.2, 0.25) is 25.8 Å². The third kappa shape index (κ3) is 5.50. The molecule has 0 aliphatic rings. The summed E-state index contributed by atoms with van der Waals surface area (Å²) in [6.07, 6.45) is 0.477. The van der Waals surface area contributed by atoms with Crippen LogP contribution in [0.15, 0.2) is 82.6 Å². The molecule has 7 nitrogen and oxygen atoms in total. The van der Waals surface area contributed by atoms with E-state index in [9.17, 15) is 21.6 Å². The molecule has 0 aromatic heterocycles. The van der Waals surface area contributed by atoms with Crippen LogP contribution in [0.2, 0.25) is 0 Å². The number of rotatable bonds is 7. The van der Waals surface area contributed by atoms with E-state index in [1.54, 1.807) is 31.4 Å². The molecule has 3 aromatic rings. The molecule has 1 amide bonds. The summed E-state index contributed by atoms with van der Waals surface area (Å²) in [5, 5.41) is 0. The maximum atomic E-state index is 13.2. The third-order valence-electron chi connectivity index (χ3n) is 4.50. The topological polar surface area (TPSA) is 107 Å². The third-order valence-corrected chi connectivity index (χ3v) is 6.97. The highest BCUT2D eigenvalue weighted by atomic mass is 32.2. The molecule has 0 radical (unpaired) electrons. The van der Waals surface area contributed by atoms with Crippen molar-refractivity contribution in [3.8, 4) is 16.9 Å².